The molecule has 2 fully saturated rings. The molecule has 2 aliphatic heterocycles. The number of benzene rings is 1. The van der Waals surface area contributed by atoms with Gasteiger partial charge in [-0.3, -0.25) is 9.69 Å². The van der Waals surface area contributed by atoms with Gasteiger partial charge in [-0.05, 0) is 19.2 Å². The predicted molar refractivity (Wildman–Crippen MR) is 80.4 cm³/mol. The lowest BCUT2D eigenvalue weighted by atomic mass is 10.00. The summed E-state index contributed by atoms with van der Waals surface area (Å²) < 4.78 is 11.1. The van der Waals surface area contributed by atoms with Gasteiger partial charge in [0.1, 0.15) is 12.2 Å². The molecule has 22 heavy (non-hydrogen) atoms. The Kier molecular flexibility index (Phi) is 4.16. The molecule has 0 unspecified atom stereocenters. The summed E-state index contributed by atoms with van der Waals surface area (Å²) in [6.45, 7) is 1.44. The molecule has 0 amide bonds. The van der Waals surface area contributed by atoms with Crippen molar-refractivity contribution < 1.29 is 19.1 Å². The van der Waals surface area contributed by atoms with E-state index in [-0.39, 0.29) is 30.2 Å². The quantitative estimate of drug-likeness (QED) is 0.800. The Bertz CT molecular complexity index is 559. The van der Waals surface area contributed by atoms with Crippen LogP contribution in [-0.2, 0) is 14.3 Å². The minimum Gasteiger partial charge on any atom is -0.461 e. The zero-order valence-corrected chi connectivity index (χ0v) is 12.9. The van der Waals surface area contributed by atoms with Crippen molar-refractivity contribution in [3.8, 4) is 0 Å². The second kappa shape index (κ2) is 6.08. The first-order chi connectivity index (χ1) is 10.5. The van der Waals surface area contributed by atoms with E-state index < -0.39 is 0 Å². The first-order valence-electron chi connectivity index (χ1n) is 7.70. The second-order valence-electron chi connectivity index (χ2n) is 6.13. The molecular formula is C17H21NO4. The highest BCUT2D eigenvalue weighted by molar-refractivity contribution is 5.89. The van der Waals surface area contributed by atoms with Crippen LogP contribution in [0.1, 0.15) is 36.5 Å². The SMILES string of the molecule is CC(=O)O[C@@H]1C[C@@H]2C[C@@H](OC(=O)c3ccccc3)C[C@H]1N2C. The molecule has 2 bridgehead atoms. The fraction of sp³-hybridized carbons (Fsp3) is 0.529. The maximum absolute atomic E-state index is 12.2. The highest BCUT2D eigenvalue weighted by atomic mass is 16.6. The number of esters is 2. The second-order valence-corrected chi connectivity index (χ2v) is 6.13. The number of nitrogens with zero attached hydrogens (tertiary/aromatic N) is 1. The van der Waals surface area contributed by atoms with Crippen LogP contribution in [-0.4, -0.2) is 48.2 Å². The zero-order chi connectivity index (χ0) is 15.7. The molecule has 2 saturated heterocycles. The number of carbonyl (C=O) groups excluding carboxylic acids is 2. The first kappa shape index (κ1) is 15.0. The zero-order valence-electron chi connectivity index (χ0n) is 12.9. The van der Waals surface area contributed by atoms with E-state index in [2.05, 4.69) is 4.90 Å². The van der Waals surface area contributed by atoms with Crippen molar-refractivity contribution >= 4 is 11.9 Å². The number of fused-ring (bicyclic) bond motifs is 2. The lowest BCUT2D eigenvalue weighted by Gasteiger charge is -2.36. The Hall–Kier alpha value is -1.88. The Morgan fingerprint density at radius 1 is 1.09 bits per heavy atom. The number of rotatable bonds is 3. The van der Waals surface area contributed by atoms with E-state index in [1.807, 2.05) is 25.2 Å². The Morgan fingerprint density at radius 3 is 2.50 bits per heavy atom. The summed E-state index contributed by atoms with van der Waals surface area (Å²) in [6, 6.07) is 9.47. The minimum atomic E-state index is -0.279. The van der Waals surface area contributed by atoms with Gasteiger partial charge in [0.15, 0.2) is 0 Å². The molecule has 2 aliphatic rings. The molecule has 0 N–H and O–H groups in total. The van der Waals surface area contributed by atoms with E-state index in [1.165, 1.54) is 6.92 Å². The highest BCUT2D eigenvalue weighted by Crippen LogP contribution is 2.37. The maximum Gasteiger partial charge on any atom is 0.338 e. The van der Waals surface area contributed by atoms with Gasteiger partial charge in [-0.2, -0.15) is 0 Å². The average molecular weight is 303 g/mol. The molecule has 0 saturated carbocycles. The van der Waals surface area contributed by atoms with Crippen LogP contribution in [0.3, 0.4) is 0 Å². The maximum atomic E-state index is 12.2. The molecule has 4 atom stereocenters. The minimum absolute atomic E-state index is 0.0899. The third-order valence-corrected chi connectivity index (χ3v) is 4.67. The highest BCUT2D eigenvalue weighted by Gasteiger charge is 2.47. The summed E-state index contributed by atoms with van der Waals surface area (Å²) in [4.78, 5) is 25.6. The van der Waals surface area contributed by atoms with Crippen LogP contribution in [0, 0.1) is 0 Å². The topological polar surface area (TPSA) is 55.8 Å². The van der Waals surface area contributed by atoms with E-state index >= 15 is 0 Å². The summed E-state index contributed by atoms with van der Waals surface area (Å²) in [6.07, 6.45) is 2.12. The van der Waals surface area contributed by atoms with Gasteiger partial charge in [0.2, 0.25) is 0 Å². The molecule has 1 aromatic rings. The first-order valence-corrected chi connectivity index (χ1v) is 7.70. The Labute approximate surface area is 130 Å². The third kappa shape index (κ3) is 2.99. The van der Waals surface area contributed by atoms with Gasteiger partial charge in [-0.1, -0.05) is 18.2 Å². The van der Waals surface area contributed by atoms with Crippen LogP contribution in [0.5, 0.6) is 0 Å². The molecule has 2 heterocycles. The molecule has 0 spiro atoms. The molecule has 0 aromatic heterocycles. The summed E-state index contributed by atoms with van der Waals surface area (Å²) in [5, 5.41) is 0. The van der Waals surface area contributed by atoms with Gasteiger partial charge in [-0.15, -0.1) is 0 Å². The van der Waals surface area contributed by atoms with Crippen molar-refractivity contribution in [3.05, 3.63) is 35.9 Å². The largest absolute Gasteiger partial charge is 0.461 e. The summed E-state index contributed by atoms with van der Waals surface area (Å²) in [5.74, 6) is -0.526. The van der Waals surface area contributed by atoms with Crippen LogP contribution in [0.25, 0.3) is 0 Å². The van der Waals surface area contributed by atoms with Crippen LogP contribution in [0.15, 0.2) is 30.3 Å². The van der Waals surface area contributed by atoms with Crippen LogP contribution >= 0.6 is 0 Å². The van der Waals surface area contributed by atoms with E-state index in [0.29, 0.717) is 18.0 Å². The van der Waals surface area contributed by atoms with Crippen molar-refractivity contribution in [3.63, 3.8) is 0 Å². The lowest BCUT2D eigenvalue weighted by Crippen LogP contribution is -2.46. The Morgan fingerprint density at radius 2 is 1.82 bits per heavy atom. The molecule has 0 aliphatic carbocycles. The normalized spacial score (nSPS) is 30.8. The molecule has 1 aromatic carbocycles. The summed E-state index contributed by atoms with van der Waals surface area (Å²) in [5.41, 5.74) is 0.574. The summed E-state index contributed by atoms with van der Waals surface area (Å²) >= 11 is 0. The number of likely N-dealkylation sites (N-methyl/N-ethyl adjacent to an activating group) is 1. The van der Waals surface area contributed by atoms with Gasteiger partial charge in [0, 0.05) is 32.2 Å². The lowest BCUT2D eigenvalue weighted by molar-refractivity contribution is -0.147. The van der Waals surface area contributed by atoms with Gasteiger partial charge in [-0.25, -0.2) is 4.79 Å². The van der Waals surface area contributed by atoms with E-state index in [1.54, 1.807) is 12.1 Å². The van der Waals surface area contributed by atoms with Gasteiger partial charge in [0.25, 0.3) is 0 Å². The van der Waals surface area contributed by atoms with Crippen LogP contribution in [0.2, 0.25) is 0 Å². The van der Waals surface area contributed by atoms with Crippen molar-refractivity contribution in [1.82, 2.24) is 4.90 Å². The molecule has 0 radical (unpaired) electrons. The summed E-state index contributed by atoms with van der Waals surface area (Å²) in [7, 11) is 2.05. The van der Waals surface area contributed by atoms with E-state index in [4.69, 9.17) is 9.47 Å². The fourth-order valence-electron chi connectivity index (χ4n) is 3.60. The van der Waals surface area contributed by atoms with Crippen molar-refractivity contribution in [1.29, 1.82) is 0 Å². The average Bonchev–Trinajstić information content (AvgIpc) is 2.67. The molecule has 3 rings (SSSR count). The van der Waals surface area contributed by atoms with E-state index in [9.17, 15) is 9.59 Å². The van der Waals surface area contributed by atoms with Gasteiger partial charge < -0.3 is 9.47 Å². The Balaban J connectivity index is 1.64. The monoisotopic (exact) mass is 303 g/mol. The number of ether oxygens (including phenoxy) is 2. The number of hydrogen-bond donors (Lipinski definition) is 0. The van der Waals surface area contributed by atoms with Crippen molar-refractivity contribution in [2.45, 2.75) is 50.5 Å². The third-order valence-electron chi connectivity index (χ3n) is 4.67. The van der Waals surface area contributed by atoms with Crippen LogP contribution < -0.4 is 0 Å². The number of piperidine rings is 1. The van der Waals surface area contributed by atoms with Gasteiger partial charge in [0.05, 0.1) is 11.6 Å². The molecule has 5 heteroatoms. The number of hydrogen-bond acceptors (Lipinski definition) is 5. The van der Waals surface area contributed by atoms with E-state index in [0.717, 1.165) is 12.8 Å². The molecule has 118 valence electrons. The fourth-order valence-corrected chi connectivity index (χ4v) is 3.60. The predicted octanol–water partition coefficient (Wildman–Crippen LogP) is 2.01. The standard InChI is InChI=1S/C17H21NO4/c1-11(19)21-16-9-13-8-14(10-15(16)18(13)2)22-17(20)12-6-4-3-5-7-12/h3-7,13-16H,8-10H2,1-2H3/t13-,14+,15+,16+/m0/s1. The molecular weight excluding hydrogens is 282 g/mol. The van der Waals surface area contributed by atoms with Crippen molar-refractivity contribution in [2.24, 2.45) is 0 Å². The molecule has 5 nitrogen and oxygen atoms in total. The smallest absolute Gasteiger partial charge is 0.338 e. The van der Waals surface area contributed by atoms with Gasteiger partial charge >= 0.3 is 11.9 Å². The van der Waals surface area contributed by atoms with Crippen molar-refractivity contribution in [2.75, 3.05) is 7.05 Å². The number of carbonyl (C=O) groups is 2. The van der Waals surface area contributed by atoms with Crippen LogP contribution in [0.4, 0.5) is 0 Å².